The quantitative estimate of drug-likeness (QED) is 0.278. The van der Waals surface area contributed by atoms with Crippen LogP contribution in [0.15, 0.2) is 30.8 Å². The van der Waals surface area contributed by atoms with Crippen molar-refractivity contribution in [1.82, 2.24) is 19.9 Å². The maximum atomic E-state index is 16.8. The van der Waals surface area contributed by atoms with E-state index >= 15 is 4.39 Å². The van der Waals surface area contributed by atoms with Gasteiger partial charge < -0.3 is 24.6 Å². The number of aromatic nitrogens is 3. The zero-order chi connectivity index (χ0) is 30.9. The second kappa shape index (κ2) is 10.7. The van der Waals surface area contributed by atoms with Gasteiger partial charge in [-0.2, -0.15) is 9.97 Å². The number of fused-ring (bicyclic) bond motifs is 2. The van der Waals surface area contributed by atoms with Crippen molar-refractivity contribution in [2.24, 2.45) is 0 Å². The van der Waals surface area contributed by atoms with Crippen LogP contribution in [0.1, 0.15) is 37.7 Å². The van der Waals surface area contributed by atoms with Crippen LogP contribution in [0.25, 0.3) is 39.0 Å². The first-order valence-electron chi connectivity index (χ1n) is 15.4. The van der Waals surface area contributed by atoms with E-state index in [2.05, 4.69) is 31.7 Å². The zero-order valence-electron chi connectivity index (χ0n) is 24.5. The summed E-state index contributed by atoms with van der Waals surface area (Å²) in [6.07, 6.45) is 4.08. The van der Waals surface area contributed by atoms with Gasteiger partial charge in [0.2, 0.25) is 5.88 Å². The lowest BCUT2D eigenvalue weighted by atomic mass is 9.95. The molecule has 4 aliphatic rings. The maximum Gasteiger partial charge on any atom is 0.319 e. The van der Waals surface area contributed by atoms with Crippen molar-refractivity contribution < 1.29 is 32.5 Å². The minimum atomic E-state index is -0.932. The van der Waals surface area contributed by atoms with Gasteiger partial charge in [0.05, 0.1) is 17.7 Å². The number of phenols is 1. The summed E-state index contributed by atoms with van der Waals surface area (Å²) in [5, 5.41) is 15.0. The van der Waals surface area contributed by atoms with Gasteiger partial charge in [-0.15, -0.1) is 0 Å². The number of ether oxygens (including phenoxy) is 3. The number of hydrogen-bond acceptors (Lipinski definition) is 9. The molecule has 0 saturated carbocycles. The Kier molecular flexibility index (Phi) is 6.75. The van der Waals surface area contributed by atoms with Gasteiger partial charge in [-0.25, -0.2) is 18.2 Å². The van der Waals surface area contributed by atoms with Crippen LogP contribution in [-0.4, -0.2) is 81.7 Å². The highest BCUT2D eigenvalue weighted by molar-refractivity contribution is 6.05. The highest BCUT2D eigenvalue weighted by atomic mass is 19.1. The smallest absolute Gasteiger partial charge is 0.319 e. The molecule has 2 aromatic heterocycles. The van der Waals surface area contributed by atoms with Crippen molar-refractivity contribution in [2.75, 3.05) is 38.2 Å². The minimum Gasteiger partial charge on any atom is -0.508 e. The van der Waals surface area contributed by atoms with Crippen LogP contribution in [0.4, 0.5) is 19.0 Å². The largest absolute Gasteiger partial charge is 0.508 e. The molecular weight excluding hydrogens is 587 g/mol. The number of anilines is 1. The van der Waals surface area contributed by atoms with Crippen LogP contribution in [0.3, 0.4) is 0 Å². The summed E-state index contributed by atoms with van der Waals surface area (Å²) in [4.78, 5) is 15.9. The van der Waals surface area contributed by atoms with Gasteiger partial charge in [0.15, 0.2) is 5.82 Å². The molecule has 2 N–H and O–H groups in total. The lowest BCUT2D eigenvalue weighted by molar-refractivity contribution is 0.0799. The Balaban J connectivity index is 1.29. The molecule has 4 aromatic rings. The van der Waals surface area contributed by atoms with E-state index < -0.39 is 23.3 Å². The van der Waals surface area contributed by atoms with Crippen LogP contribution in [-0.2, 0) is 4.74 Å². The predicted octanol–water partition coefficient (Wildman–Crippen LogP) is 5.78. The van der Waals surface area contributed by atoms with Gasteiger partial charge in [-0.05, 0) is 55.8 Å². The second-order valence-corrected chi connectivity index (χ2v) is 12.4. The van der Waals surface area contributed by atoms with Gasteiger partial charge in [0.1, 0.15) is 53.4 Å². The Bertz CT molecular complexity index is 1850. The van der Waals surface area contributed by atoms with E-state index in [9.17, 15) is 13.9 Å². The highest BCUT2D eigenvalue weighted by Gasteiger charge is 2.49. The Labute approximate surface area is 257 Å². The molecule has 0 spiro atoms. The summed E-state index contributed by atoms with van der Waals surface area (Å²) in [7, 11) is 0. The number of nitrogens with one attached hydrogen (secondary N) is 1. The molecular formula is C33H32F3N5O4. The molecule has 0 aliphatic carbocycles. The molecule has 9 nitrogen and oxygen atoms in total. The van der Waals surface area contributed by atoms with Crippen LogP contribution in [0.2, 0.25) is 0 Å². The monoisotopic (exact) mass is 619 g/mol. The standard InChI is InChI=1S/C33H32F3N5O4/c1-2-20-22(35)7-6-17-11-19(42)12-21(25(17)20)28-27(36)29-26-30(37-23(15-44-31(26)38-28)24-5-3-10-43-24)40-32(39-29)45-16-33-8-4-9-41(33)14-18(34)13-33/h2,6-7,11-12,18,23-24,42H,1,3-5,8-10,13-16H2,(H,37,39,40)/t18-,23-,24-,33+/m1/s1. The van der Waals surface area contributed by atoms with E-state index in [1.54, 1.807) is 0 Å². The third-order valence-electron chi connectivity index (χ3n) is 9.65. The molecule has 3 saturated heterocycles. The van der Waals surface area contributed by atoms with E-state index in [4.69, 9.17) is 14.2 Å². The number of hydrogen-bond donors (Lipinski definition) is 2. The van der Waals surface area contributed by atoms with Crippen molar-refractivity contribution in [3.05, 3.63) is 48.0 Å². The molecule has 4 aliphatic heterocycles. The third kappa shape index (κ3) is 4.64. The summed E-state index contributed by atoms with van der Waals surface area (Å²) >= 11 is 0. The topological polar surface area (TPSA) is 102 Å². The molecule has 12 heteroatoms. The molecule has 4 atom stereocenters. The average Bonchev–Trinajstić information content (AvgIpc) is 3.73. The number of rotatable bonds is 6. The summed E-state index contributed by atoms with van der Waals surface area (Å²) in [5.74, 6) is -1.15. The fourth-order valence-corrected chi connectivity index (χ4v) is 7.57. The lowest BCUT2D eigenvalue weighted by Crippen LogP contribution is -2.43. The molecule has 2 aromatic carbocycles. The molecule has 45 heavy (non-hydrogen) atoms. The van der Waals surface area contributed by atoms with Crippen LogP contribution >= 0.6 is 0 Å². The summed E-state index contributed by atoms with van der Waals surface area (Å²) < 4.78 is 64.5. The number of nitrogens with zero attached hydrogens (tertiary/aromatic N) is 4. The SMILES string of the molecule is C=Cc1c(F)ccc2cc(O)cc(-c3nc4c5c(nc(OC[C@@]67CCCN6C[C@H](F)C7)nc5c3F)N[C@@H]([C@H]3CCCO3)CO4)c12. The van der Waals surface area contributed by atoms with Gasteiger partial charge in [-0.3, -0.25) is 4.90 Å². The molecule has 0 amide bonds. The Morgan fingerprint density at radius 3 is 2.89 bits per heavy atom. The minimum absolute atomic E-state index is 0.0675. The molecule has 8 rings (SSSR count). The van der Waals surface area contributed by atoms with E-state index in [0.717, 1.165) is 32.2 Å². The third-order valence-corrected chi connectivity index (χ3v) is 9.65. The van der Waals surface area contributed by atoms with E-state index in [1.807, 2.05) is 0 Å². The van der Waals surface area contributed by atoms with E-state index in [0.29, 0.717) is 30.3 Å². The van der Waals surface area contributed by atoms with Crippen molar-refractivity contribution in [1.29, 1.82) is 0 Å². The zero-order valence-corrected chi connectivity index (χ0v) is 24.5. The molecule has 0 radical (unpaired) electrons. The molecule has 3 fully saturated rings. The number of pyridine rings is 1. The summed E-state index contributed by atoms with van der Waals surface area (Å²) in [5.41, 5.74) is -0.462. The number of aromatic hydroxyl groups is 1. The number of alkyl halides is 1. The summed E-state index contributed by atoms with van der Waals surface area (Å²) in [6.45, 7) is 5.87. The van der Waals surface area contributed by atoms with Gasteiger partial charge in [0, 0.05) is 36.1 Å². The van der Waals surface area contributed by atoms with Crippen molar-refractivity contribution in [3.8, 4) is 28.9 Å². The normalized spacial score (nSPS) is 26.1. The van der Waals surface area contributed by atoms with Crippen LogP contribution in [0, 0.1) is 11.6 Å². The first-order valence-corrected chi connectivity index (χ1v) is 15.4. The number of benzene rings is 2. The Morgan fingerprint density at radius 2 is 2.07 bits per heavy atom. The van der Waals surface area contributed by atoms with Gasteiger partial charge in [-0.1, -0.05) is 18.7 Å². The van der Waals surface area contributed by atoms with Crippen molar-refractivity contribution in [3.63, 3.8) is 0 Å². The van der Waals surface area contributed by atoms with Crippen LogP contribution in [0.5, 0.6) is 17.6 Å². The van der Waals surface area contributed by atoms with Gasteiger partial charge in [0.25, 0.3) is 0 Å². The Morgan fingerprint density at radius 1 is 1.18 bits per heavy atom. The molecule has 234 valence electrons. The number of phenolic OH excluding ortho intramolecular Hbond substituents is 1. The molecule has 6 heterocycles. The van der Waals surface area contributed by atoms with Crippen molar-refractivity contribution in [2.45, 2.75) is 56.0 Å². The lowest BCUT2D eigenvalue weighted by Gasteiger charge is -2.30. The molecule has 0 bridgehead atoms. The average molecular weight is 620 g/mol. The van der Waals surface area contributed by atoms with Crippen LogP contribution < -0.4 is 14.8 Å². The maximum absolute atomic E-state index is 16.8. The van der Waals surface area contributed by atoms with Gasteiger partial charge >= 0.3 is 6.01 Å². The Hall–Kier alpha value is -4.16. The van der Waals surface area contributed by atoms with E-state index in [-0.39, 0.29) is 76.5 Å². The van der Waals surface area contributed by atoms with Crippen molar-refractivity contribution >= 4 is 33.6 Å². The number of halogens is 3. The first-order chi connectivity index (χ1) is 21.8. The highest BCUT2D eigenvalue weighted by Crippen LogP contribution is 2.44. The fraction of sp³-hybridized carbons (Fsp3) is 0.424. The summed E-state index contributed by atoms with van der Waals surface area (Å²) in [6, 6.07) is 5.20. The first kappa shape index (κ1) is 28.3. The molecule has 0 unspecified atom stereocenters. The van der Waals surface area contributed by atoms with E-state index in [1.165, 1.54) is 30.3 Å². The predicted molar refractivity (Wildman–Crippen MR) is 162 cm³/mol. The fourth-order valence-electron chi connectivity index (χ4n) is 7.57. The second-order valence-electron chi connectivity index (χ2n) is 12.4.